The summed E-state index contributed by atoms with van der Waals surface area (Å²) >= 11 is 0. The third kappa shape index (κ3) is 1.57. The number of rotatable bonds is 3. The molecule has 2 aromatic rings. The van der Waals surface area contributed by atoms with E-state index in [4.69, 9.17) is 10.5 Å². The van der Waals surface area contributed by atoms with E-state index in [1.54, 1.807) is 13.3 Å². The molecule has 80 valence electrons. The second-order valence-electron chi connectivity index (χ2n) is 3.51. The maximum absolute atomic E-state index is 5.56. The number of aryl methyl sites for hydroxylation is 1. The molecule has 2 aromatic heterocycles. The van der Waals surface area contributed by atoms with Crippen LogP contribution in [0.4, 0.5) is 0 Å². The van der Waals surface area contributed by atoms with Crippen LogP contribution in [0.2, 0.25) is 0 Å². The average Bonchev–Trinajstić information content (AvgIpc) is 2.57. The van der Waals surface area contributed by atoms with Gasteiger partial charge in [0.2, 0.25) is 0 Å². The summed E-state index contributed by atoms with van der Waals surface area (Å²) in [6.45, 7) is 0.637. The highest BCUT2D eigenvalue weighted by atomic mass is 16.5. The van der Waals surface area contributed by atoms with Crippen LogP contribution in [0.15, 0.2) is 18.5 Å². The lowest BCUT2D eigenvalue weighted by Crippen LogP contribution is -2.02. The predicted octanol–water partition coefficient (Wildman–Crippen LogP) is 1.08. The van der Waals surface area contributed by atoms with Crippen molar-refractivity contribution in [2.24, 2.45) is 12.8 Å². The zero-order chi connectivity index (χ0) is 10.8. The van der Waals surface area contributed by atoms with E-state index in [1.807, 2.05) is 17.7 Å². The fourth-order valence-corrected chi connectivity index (χ4v) is 1.87. The number of hydrogen-bond acceptors (Lipinski definition) is 3. The van der Waals surface area contributed by atoms with Gasteiger partial charge in [-0.2, -0.15) is 0 Å². The Bertz CT molecular complexity index is 476. The fourth-order valence-electron chi connectivity index (χ4n) is 1.87. The average molecular weight is 205 g/mol. The summed E-state index contributed by atoms with van der Waals surface area (Å²) in [4.78, 5) is 4.37. The molecule has 0 atom stereocenters. The SMILES string of the molecule is COc1ccnc2c(CCN)cn(C)c12. The Morgan fingerprint density at radius 3 is 3.00 bits per heavy atom. The predicted molar refractivity (Wildman–Crippen MR) is 60.0 cm³/mol. The molecule has 0 radical (unpaired) electrons. The zero-order valence-corrected chi connectivity index (χ0v) is 9.03. The molecule has 2 rings (SSSR count). The highest BCUT2D eigenvalue weighted by Crippen LogP contribution is 2.27. The third-order valence-corrected chi connectivity index (χ3v) is 2.53. The number of ether oxygens (including phenoxy) is 1. The lowest BCUT2D eigenvalue weighted by molar-refractivity contribution is 0.417. The molecule has 4 heteroatoms. The van der Waals surface area contributed by atoms with E-state index < -0.39 is 0 Å². The van der Waals surface area contributed by atoms with E-state index in [0.29, 0.717) is 6.54 Å². The van der Waals surface area contributed by atoms with Crippen molar-refractivity contribution < 1.29 is 4.74 Å². The number of nitrogens with zero attached hydrogens (tertiary/aromatic N) is 2. The number of hydrogen-bond donors (Lipinski definition) is 1. The third-order valence-electron chi connectivity index (χ3n) is 2.53. The summed E-state index contributed by atoms with van der Waals surface area (Å²) in [6, 6.07) is 1.87. The largest absolute Gasteiger partial charge is 0.494 e. The fraction of sp³-hybridized carbons (Fsp3) is 0.364. The Kier molecular flexibility index (Phi) is 2.60. The molecule has 0 aliphatic carbocycles. The van der Waals surface area contributed by atoms with Crippen LogP contribution in [0.3, 0.4) is 0 Å². The number of nitrogens with two attached hydrogens (primary N) is 1. The van der Waals surface area contributed by atoms with Crippen LogP contribution in [0.1, 0.15) is 5.56 Å². The van der Waals surface area contributed by atoms with Crippen molar-refractivity contribution in [3.05, 3.63) is 24.0 Å². The first kappa shape index (κ1) is 9.98. The van der Waals surface area contributed by atoms with E-state index in [2.05, 4.69) is 11.2 Å². The molecule has 4 nitrogen and oxygen atoms in total. The van der Waals surface area contributed by atoms with E-state index in [1.165, 1.54) is 5.56 Å². The minimum Gasteiger partial charge on any atom is -0.494 e. The Hall–Kier alpha value is -1.55. The normalized spacial score (nSPS) is 10.9. The van der Waals surface area contributed by atoms with Gasteiger partial charge in [-0.05, 0) is 18.5 Å². The molecule has 15 heavy (non-hydrogen) atoms. The summed E-state index contributed by atoms with van der Waals surface area (Å²) in [5.74, 6) is 0.853. The second-order valence-corrected chi connectivity index (χ2v) is 3.51. The molecule has 0 saturated carbocycles. The molecule has 0 unspecified atom stereocenters. The molecular weight excluding hydrogens is 190 g/mol. The summed E-state index contributed by atoms with van der Waals surface area (Å²) < 4.78 is 7.34. The minimum absolute atomic E-state index is 0.637. The van der Waals surface area contributed by atoms with Gasteiger partial charge in [-0.3, -0.25) is 4.98 Å². The van der Waals surface area contributed by atoms with Crippen LogP contribution < -0.4 is 10.5 Å². The van der Waals surface area contributed by atoms with Gasteiger partial charge in [-0.25, -0.2) is 0 Å². The number of methoxy groups -OCH3 is 1. The molecule has 0 aliphatic heterocycles. The van der Waals surface area contributed by atoms with Gasteiger partial charge >= 0.3 is 0 Å². The van der Waals surface area contributed by atoms with Gasteiger partial charge in [0, 0.05) is 25.5 Å². The van der Waals surface area contributed by atoms with E-state index in [9.17, 15) is 0 Å². The van der Waals surface area contributed by atoms with Crippen LogP contribution >= 0.6 is 0 Å². The van der Waals surface area contributed by atoms with Crippen LogP contribution in [0, 0.1) is 0 Å². The van der Waals surface area contributed by atoms with Gasteiger partial charge < -0.3 is 15.0 Å². The molecule has 0 saturated heterocycles. The van der Waals surface area contributed by atoms with Crippen LogP contribution in [-0.2, 0) is 13.5 Å². The lowest BCUT2D eigenvalue weighted by Gasteiger charge is -2.03. The summed E-state index contributed by atoms with van der Waals surface area (Å²) in [6.07, 6.45) is 4.67. The number of fused-ring (bicyclic) bond motifs is 1. The molecule has 2 N–H and O–H groups in total. The van der Waals surface area contributed by atoms with Crippen molar-refractivity contribution >= 4 is 11.0 Å². The van der Waals surface area contributed by atoms with E-state index >= 15 is 0 Å². The Morgan fingerprint density at radius 1 is 1.53 bits per heavy atom. The van der Waals surface area contributed by atoms with Crippen LogP contribution in [0.5, 0.6) is 5.75 Å². The number of aromatic nitrogens is 2. The van der Waals surface area contributed by atoms with Crippen LogP contribution in [-0.4, -0.2) is 23.2 Å². The molecule has 0 fully saturated rings. The second kappa shape index (κ2) is 3.90. The topological polar surface area (TPSA) is 53.1 Å². The summed E-state index contributed by atoms with van der Waals surface area (Å²) in [7, 11) is 3.66. The van der Waals surface area contributed by atoms with Crippen LogP contribution in [0.25, 0.3) is 11.0 Å². The van der Waals surface area contributed by atoms with Gasteiger partial charge in [0.1, 0.15) is 11.3 Å². The molecule has 0 amide bonds. The lowest BCUT2D eigenvalue weighted by atomic mass is 10.2. The maximum atomic E-state index is 5.56. The first-order chi connectivity index (χ1) is 7.27. The quantitative estimate of drug-likeness (QED) is 0.815. The maximum Gasteiger partial charge on any atom is 0.146 e. The van der Waals surface area contributed by atoms with Crippen molar-refractivity contribution in [2.75, 3.05) is 13.7 Å². The van der Waals surface area contributed by atoms with Crippen molar-refractivity contribution in [1.29, 1.82) is 0 Å². The van der Waals surface area contributed by atoms with Crippen molar-refractivity contribution in [3.8, 4) is 5.75 Å². The van der Waals surface area contributed by atoms with Crippen molar-refractivity contribution in [3.63, 3.8) is 0 Å². The van der Waals surface area contributed by atoms with Gasteiger partial charge in [-0.1, -0.05) is 0 Å². The molecule has 0 bridgehead atoms. The van der Waals surface area contributed by atoms with Crippen molar-refractivity contribution in [1.82, 2.24) is 9.55 Å². The zero-order valence-electron chi connectivity index (χ0n) is 9.03. The minimum atomic E-state index is 0.637. The van der Waals surface area contributed by atoms with E-state index in [0.717, 1.165) is 23.2 Å². The van der Waals surface area contributed by atoms with Gasteiger partial charge in [0.05, 0.1) is 12.6 Å². The number of pyridine rings is 1. The Balaban J connectivity index is 2.68. The van der Waals surface area contributed by atoms with Gasteiger partial charge in [0.25, 0.3) is 0 Å². The molecule has 0 aliphatic rings. The first-order valence-corrected chi connectivity index (χ1v) is 4.95. The molecule has 2 heterocycles. The highest BCUT2D eigenvalue weighted by molar-refractivity contribution is 5.85. The standard InChI is InChI=1S/C11H15N3O/c1-14-7-8(3-5-12)10-11(14)9(15-2)4-6-13-10/h4,6-7H,3,5,12H2,1-2H3. The van der Waals surface area contributed by atoms with E-state index in [-0.39, 0.29) is 0 Å². The van der Waals surface area contributed by atoms with Gasteiger partial charge in [-0.15, -0.1) is 0 Å². The monoisotopic (exact) mass is 205 g/mol. The Morgan fingerprint density at radius 2 is 2.33 bits per heavy atom. The molecular formula is C11H15N3O. The van der Waals surface area contributed by atoms with Crippen molar-refractivity contribution in [2.45, 2.75) is 6.42 Å². The summed E-state index contributed by atoms with van der Waals surface area (Å²) in [5, 5.41) is 0. The molecule has 0 aromatic carbocycles. The first-order valence-electron chi connectivity index (χ1n) is 4.95. The van der Waals surface area contributed by atoms with Gasteiger partial charge in [0.15, 0.2) is 0 Å². The molecule has 0 spiro atoms. The smallest absolute Gasteiger partial charge is 0.146 e. The Labute approximate surface area is 88.7 Å². The summed E-state index contributed by atoms with van der Waals surface area (Å²) in [5.41, 5.74) is 8.76. The highest BCUT2D eigenvalue weighted by Gasteiger charge is 2.11.